The summed E-state index contributed by atoms with van der Waals surface area (Å²) >= 11 is 2.98. The van der Waals surface area contributed by atoms with E-state index in [9.17, 15) is 22.8 Å². The van der Waals surface area contributed by atoms with Crippen LogP contribution in [0, 0.1) is 0 Å². The van der Waals surface area contributed by atoms with Gasteiger partial charge >= 0.3 is 11.9 Å². The number of hydrogen-bond donors (Lipinski definition) is 0. The molecule has 1 aromatic carbocycles. The van der Waals surface area contributed by atoms with Gasteiger partial charge < -0.3 is 4.74 Å². The summed E-state index contributed by atoms with van der Waals surface area (Å²) in [6.07, 6.45) is 0. The highest BCUT2D eigenvalue weighted by Crippen LogP contribution is 2.54. The Balaban J connectivity index is 2.76. The van der Waals surface area contributed by atoms with Crippen LogP contribution in [-0.4, -0.2) is 17.4 Å². The SMILES string of the molecule is CC(=O)Oc1c(Br)ccc2c1C(=O)C(C)(F)C2(F)F. The summed E-state index contributed by atoms with van der Waals surface area (Å²) in [5, 5.41) is 0. The molecule has 0 fully saturated rings. The number of carbonyl (C=O) groups is 2. The molecule has 0 heterocycles. The van der Waals surface area contributed by atoms with Gasteiger partial charge in [-0.2, -0.15) is 8.78 Å². The molecule has 3 nitrogen and oxygen atoms in total. The van der Waals surface area contributed by atoms with Crippen LogP contribution in [-0.2, 0) is 10.7 Å². The minimum absolute atomic E-state index is 0.128. The molecule has 7 heteroatoms. The Morgan fingerprint density at radius 3 is 2.42 bits per heavy atom. The van der Waals surface area contributed by atoms with E-state index in [4.69, 9.17) is 4.74 Å². The first-order valence-corrected chi connectivity index (χ1v) is 6.03. The fraction of sp³-hybridized carbons (Fsp3) is 0.333. The highest BCUT2D eigenvalue weighted by molar-refractivity contribution is 9.10. The summed E-state index contributed by atoms with van der Waals surface area (Å²) in [5.74, 6) is -6.53. The number of rotatable bonds is 1. The lowest BCUT2D eigenvalue weighted by Gasteiger charge is -2.20. The maximum Gasteiger partial charge on any atom is 0.314 e. The van der Waals surface area contributed by atoms with Crippen molar-refractivity contribution in [3.05, 3.63) is 27.7 Å². The fourth-order valence-corrected chi connectivity index (χ4v) is 2.33. The van der Waals surface area contributed by atoms with Crippen molar-refractivity contribution in [2.24, 2.45) is 0 Å². The number of fused-ring (bicyclic) bond motifs is 1. The Kier molecular flexibility index (Phi) is 3.00. The van der Waals surface area contributed by atoms with Crippen molar-refractivity contribution in [2.75, 3.05) is 0 Å². The van der Waals surface area contributed by atoms with Gasteiger partial charge in [0.15, 0.2) is 5.75 Å². The van der Waals surface area contributed by atoms with Crippen molar-refractivity contribution in [1.82, 2.24) is 0 Å². The first kappa shape index (κ1) is 14.0. The molecule has 0 bridgehead atoms. The fourth-order valence-electron chi connectivity index (χ4n) is 1.92. The van der Waals surface area contributed by atoms with E-state index in [1.807, 2.05) is 0 Å². The van der Waals surface area contributed by atoms with Crippen LogP contribution in [0.1, 0.15) is 29.8 Å². The van der Waals surface area contributed by atoms with Crippen molar-refractivity contribution >= 4 is 27.7 Å². The van der Waals surface area contributed by atoms with Gasteiger partial charge in [-0.25, -0.2) is 4.39 Å². The Bertz CT molecular complexity index is 596. The van der Waals surface area contributed by atoms with Gasteiger partial charge in [-0.1, -0.05) is 6.07 Å². The van der Waals surface area contributed by atoms with Crippen LogP contribution >= 0.6 is 15.9 Å². The molecule has 0 amide bonds. The third-order valence-corrected chi connectivity index (χ3v) is 3.56. The van der Waals surface area contributed by atoms with Crippen molar-refractivity contribution in [1.29, 1.82) is 0 Å². The summed E-state index contributed by atoms with van der Waals surface area (Å²) in [7, 11) is 0. The van der Waals surface area contributed by atoms with E-state index in [-0.39, 0.29) is 10.2 Å². The van der Waals surface area contributed by atoms with Crippen molar-refractivity contribution in [3.63, 3.8) is 0 Å². The van der Waals surface area contributed by atoms with Crippen molar-refractivity contribution in [3.8, 4) is 5.75 Å². The molecule has 0 N–H and O–H groups in total. The Morgan fingerprint density at radius 2 is 1.89 bits per heavy atom. The summed E-state index contributed by atoms with van der Waals surface area (Å²) in [6, 6.07) is 2.12. The Morgan fingerprint density at radius 1 is 1.32 bits per heavy atom. The molecule has 1 atom stereocenters. The van der Waals surface area contributed by atoms with E-state index in [2.05, 4.69) is 15.9 Å². The summed E-state index contributed by atoms with van der Waals surface area (Å²) in [4.78, 5) is 22.8. The van der Waals surface area contributed by atoms with Gasteiger partial charge in [0.1, 0.15) is 0 Å². The van der Waals surface area contributed by atoms with E-state index in [1.165, 1.54) is 6.07 Å². The smallest absolute Gasteiger partial charge is 0.314 e. The minimum atomic E-state index is -3.96. The normalized spacial score (nSPS) is 24.2. The van der Waals surface area contributed by atoms with Gasteiger partial charge in [-0.3, -0.25) is 9.59 Å². The molecular weight excluding hydrogens is 329 g/mol. The van der Waals surface area contributed by atoms with Gasteiger partial charge in [-0.15, -0.1) is 0 Å². The zero-order valence-corrected chi connectivity index (χ0v) is 11.5. The molecule has 2 rings (SSSR count). The average Bonchev–Trinajstić information content (AvgIpc) is 2.41. The average molecular weight is 337 g/mol. The second-order valence-corrected chi connectivity index (χ2v) is 5.15. The highest BCUT2D eigenvalue weighted by Gasteiger charge is 2.65. The molecule has 1 aliphatic carbocycles. The minimum Gasteiger partial charge on any atom is -0.425 e. The molecule has 0 spiro atoms. The molecular formula is C12H8BrF3O3. The highest BCUT2D eigenvalue weighted by atomic mass is 79.9. The standard InChI is InChI=1S/C12H8BrF3O3/c1-5(17)19-9-7(13)4-3-6-8(9)10(18)11(2,14)12(6,15)16/h3-4H,1-2H3. The lowest BCUT2D eigenvalue weighted by Crippen LogP contribution is -2.39. The Labute approximate surface area is 114 Å². The molecule has 0 radical (unpaired) electrons. The zero-order chi connectivity index (χ0) is 14.6. The quantitative estimate of drug-likeness (QED) is 0.583. The number of alkyl halides is 3. The monoisotopic (exact) mass is 336 g/mol. The summed E-state index contributed by atoms with van der Waals surface area (Å²) in [5.41, 5.74) is -4.73. The number of esters is 1. The van der Waals surface area contributed by atoms with Gasteiger partial charge in [0.2, 0.25) is 11.5 Å². The maximum atomic E-state index is 14.0. The van der Waals surface area contributed by atoms with Crippen LogP contribution in [0.2, 0.25) is 0 Å². The van der Waals surface area contributed by atoms with Crippen LogP contribution in [0.3, 0.4) is 0 Å². The first-order chi connectivity index (χ1) is 8.60. The number of benzene rings is 1. The Hall–Kier alpha value is -1.37. The molecule has 0 saturated carbocycles. The molecule has 102 valence electrons. The number of ketones is 1. The van der Waals surface area contributed by atoms with Gasteiger partial charge in [0, 0.05) is 12.5 Å². The number of hydrogen-bond acceptors (Lipinski definition) is 3. The number of halogens is 4. The number of carbonyl (C=O) groups excluding carboxylic acids is 2. The maximum absolute atomic E-state index is 14.0. The third-order valence-electron chi connectivity index (χ3n) is 2.94. The van der Waals surface area contributed by atoms with Gasteiger partial charge in [-0.05, 0) is 28.9 Å². The molecule has 1 aromatic rings. The second kappa shape index (κ2) is 4.06. The van der Waals surface area contributed by atoms with Crippen molar-refractivity contribution < 1.29 is 27.5 Å². The van der Waals surface area contributed by atoms with E-state index in [0.29, 0.717) is 6.92 Å². The summed E-state index contributed by atoms with van der Waals surface area (Å²) < 4.78 is 46.6. The first-order valence-electron chi connectivity index (χ1n) is 5.23. The third kappa shape index (κ3) is 1.79. The second-order valence-electron chi connectivity index (χ2n) is 4.30. The lowest BCUT2D eigenvalue weighted by molar-refractivity contribution is -0.131. The lowest BCUT2D eigenvalue weighted by atomic mass is 10.0. The molecule has 1 unspecified atom stereocenters. The molecule has 0 saturated heterocycles. The van der Waals surface area contributed by atoms with E-state index >= 15 is 0 Å². The number of Topliss-reactive ketones (excluding diaryl/α,β-unsaturated/α-hetero) is 1. The largest absolute Gasteiger partial charge is 0.425 e. The molecule has 1 aliphatic rings. The number of ether oxygens (including phenoxy) is 1. The van der Waals surface area contributed by atoms with E-state index in [1.54, 1.807) is 0 Å². The van der Waals surface area contributed by atoms with E-state index < -0.39 is 34.5 Å². The zero-order valence-electron chi connectivity index (χ0n) is 9.89. The predicted octanol–water partition coefficient (Wildman–Crippen LogP) is 3.39. The van der Waals surface area contributed by atoms with Crippen LogP contribution in [0.25, 0.3) is 0 Å². The van der Waals surface area contributed by atoms with Crippen LogP contribution in [0.15, 0.2) is 16.6 Å². The van der Waals surface area contributed by atoms with E-state index in [0.717, 1.165) is 13.0 Å². The van der Waals surface area contributed by atoms with Gasteiger partial charge in [0.05, 0.1) is 10.0 Å². The molecule has 19 heavy (non-hydrogen) atoms. The predicted molar refractivity (Wildman–Crippen MR) is 63.2 cm³/mol. The molecule has 0 aromatic heterocycles. The van der Waals surface area contributed by atoms with Crippen LogP contribution < -0.4 is 4.74 Å². The topological polar surface area (TPSA) is 43.4 Å². The van der Waals surface area contributed by atoms with Crippen molar-refractivity contribution in [2.45, 2.75) is 25.4 Å². The van der Waals surface area contributed by atoms with Crippen LogP contribution in [0.4, 0.5) is 13.2 Å². The molecule has 0 aliphatic heterocycles. The summed E-state index contributed by atoms with van der Waals surface area (Å²) in [6.45, 7) is 1.57. The van der Waals surface area contributed by atoms with Gasteiger partial charge in [0.25, 0.3) is 0 Å². The van der Waals surface area contributed by atoms with Crippen LogP contribution in [0.5, 0.6) is 5.75 Å².